The molecule has 0 atom stereocenters. The van der Waals surface area contributed by atoms with Crippen LogP contribution in [0.25, 0.3) is 10.8 Å². The van der Waals surface area contributed by atoms with E-state index < -0.39 is 0 Å². The van der Waals surface area contributed by atoms with Gasteiger partial charge in [0.05, 0.1) is 5.69 Å². The van der Waals surface area contributed by atoms with Crippen molar-refractivity contribution in [1.29, 1.82) is 5.26 Å². The monoisotopic (exact) mass is 246 g/mol. The number of rotatable bonds is 1. The molecule has 0 saturated carbocycles. The second kappa shape index (κ2) is 3.77. The van der Waals surface area contributed by atoms with Crippen LogP contribution in [0.1, 0.15) is 11.4 Å². The number of nitrogens with zero attached hydrogens (tertiary/aromatic N) is 2. The Balaban J connectivity index is 2.81. The average molecular weight is 247 g/mol. The van der Waals surface area contributed by atoms with E-state index in [4.69, 9.17) is 5.26 Å². The van der Waals surface area contributed by atoms with Gasteiger partial charge in [0.2, 0.25) is 0 Å². The molecule has 0 amide bonds. The molecular weight excluding hydrogens is 240 g/mol. The molecule has 2 aromatic rings. The summed E-state index contributed by atoms with van der Waals surface area (Å²) in [6, 6.07) is 11.8. The van der Waals surface area contributed by atoms with E-state index in [9.17, 15) is 0 Å². The molecule has 0 bridgehead atoms. The Bertz CT molecular complexity index is 514. The lowest BCUT2D eigenvalue weighted by atomic mass is 10.1. The minimum Gasteiger partial charge on any atom is -0.241 e. The molecule has 1 aromatic heterocycles. The number of hydrogen-bond donors (Lipinski definition) is 0. The number of halogens is 1. The summed E-state index contributed by atoms with van der Waals surface area (Å²) < 4.78 is 0. The van der Waals surface area contributed by atoms with Crippen molar-refractivity contribution >= 4 is 26.7 Å². The van der Waals surface area contributed by atoms with Crippen molar-refractivity contribution in [2.45, 2.75) is 5.33 Å². The van der Waals surface area contributed by atoms with Crippen LogP contribution in [0.2, 0.25) is 0 Å². The van der Waals surface area contributed by atoms with E-state index in [1.54, 1.807) is 0 Å². The first-order valence-corrected chi connectivity index (χ1v) is 5.32. The highest BCUT2D eigenvalue weighted by molar-refractivity contribution is 9.08. The molecule has 0 fully saturated rings. The Labute approximate surface area is 90.3 Å². The van der Waals surface area contributed by atoms with Crippen LogP contribution >= 0.6 is 15.9 Å². The Morgan fingerprint density at radius 1 is 1.36 bits per heavy atom. The lowest BCUT2D eigenvalue weighted by molar-refractivity contribution is 1.18. The zero-order valence-electron chi connectivity index (χ0n) is 7.37. The molecule has 0 radical (unpaired) electrons. The maximum atomic E-state index is 8.79. The molecule has 0 saturated heterocycles. The van der Waals surface area contributed by atoms with E-state index in [1.807, 2.05) is 30.3 Å². The van der Waals surface area contributed by atoms with Gasteiger partial charge in [-0.05, 0) is 11.5 Å². The molecule has 0 N–H and O–H groups in total. The minimum absolute atomic E-state index is 0.471. The topological polar surface area (TPSA) is 36.7 Å². The molecule has 0 unspecified atom stereocenters. The summed E-state index contributed by atoms with van der Waals surface area (Å²) in [4.78, 5) is 4.23. The number of fused-ring (bicyclic) bond motifs is 1. The third kappa shape index (κ3) is 1.49. The number of pyridine rings is 1. The van der Waals surface area contributed by atoms with Crippen molar-refractivity contribution < 1.29 is 0 Å². The molecule has 0 aliphatic carbocycles. The van der Waals surface area contributed by atoms with Gasteiger partial charge in [0, 0.05) is 10.7 Å². The Hall–Kier alpha value is -1.40. The van der Waals surface area contributed by atoms with E-state index >= 15 is 0 Å². The molecular formula is C11H7BrN2. The predicted molar refractivity (Wildman–Crippen MR) is 59.1 cm³/mol. The van der Waals surface area contributed by atoms with Gasteiger partial charge in [-0.15, -0.1) is 0 Å². The highest BCUT2D eigenvalue weighted by Crippen LogP contribution is 2.19. The van der Waals surface area contributed by atoms with Gasteiger partial charge < -0.3 is 0 Å². The fourth-order valence-corrected chi connectivity index (χ4v) is 1.86. The number of benzene rings is 1. The molecule has 3 heteroatoms. The van der Waals surface area contributed by atoms with Crippen molar-refractivity contribution in [2.24, 2.45) is 0 Å². The molecule has 0 spiro atoms. The quantitative estimate of drug-likeness (QED) is 0.726. The summed E-state index contributed by atoms with van der Waals surface area (Å²) in [5.41, 5.74) is 1.39. The molecule has 0 aliphatic heterocycles. The molecule has 68 valence electrons. The normalized spacial score (nSPS) is 10.0. The van der Waals surface area contributed by atoms with Crippen molar-refractivity contribution in [2.75, 3.05) is 0 Å². The maximum absolute atomic E-state index is 8.79. The number of aromatic nitrogens is 1. The number of hydrogen-bond acceptors (Lipinski definition) is 2. The predicted octanol–water partition coefficient (Wildman–Crippen LogP) is 3.00. The van der Waals surface area contributed by atoms with E-state index in [2.05, 4.69) is 27.0 Å². The van der Waals surface area contributed by atoms with E-state index in [1.165, 1.54) is 0 Å². The van der Waals surface area contributed by atoms with Gasteiger partial charge in [0.15, 0.2) is 0 Å². The van der Waals surface area contributed by atoms with Crippen LogP contribution in [-0.4, -0.2) is 4.98 Å². The van der Waals surface area contributed by atoms with Crippen molar-refractivity contribution in [3.05, 3.63) is 41.7 Å². The van der Waals surface area contributed by atoms with Crippen LogP contribution in [-0.2, 0) is 5.33 Å². The van der Waals surface area contributed by atoms with Gasteiger partial charge in [-0.25, -0.2) is 4.98 Å². The molecule has 2 nitrogen and oxygen atoms in total. The van der Waals surface area contributed by atoms with Crippen molar-refractivity contribution in [1.82, 2.24) is 4.98 Å². The summed E-state index contributed by atoms with van der Waals surface area (Å²) in [5.74, 6) is 0. The summed E-state index contributed by atoms with van der Waals surface area (Å²) in [6.45, 7) is 0. The van der Waals surface area contributed by atoms with E-state index in [0.717, 1.165) is 16.5 Å². The Morgan fingerprint density at radius 2 is 2.14 bits per heavy atom. The fourth-order valence-electron chi connectivity index (χ4n) is 1.43. The zero-order valence-corrected chi connectivity index (χ0v) is 8.95. The summed E-state index contributed by atoms with van der Waals surface area (Å²) >= 11 is 3.37. The van der Waals surface area contributed by atoms with Crippen molar-refractivity contribution in [3.63, 3.8) is 0 Å². The van der Waals surface area contributed by atoms with Crippen LogP contribution in [0.3, 0.4) is 0 Å². The summed E-state index contributed by atoms with van der Waals surface area (Å²) in [7, 11) is 0. The zero-order chi connectivity index (χ0) is 9.97. The van der Waals surface area contributed by atoms with Gasteiger partial charge in [0.1, 0.15) is 11.8 Å². The second-order valence-electron chi connectivity index (χ2n) is 2.92. The van der Waals surface area contributed by atoms with E-state index in [0.29, 0.717) is 11.0 Å². The highest BCUT2D eigenvalue weighted by atomic mass is 79.9. The lowest BCUT2D eigenvalue weighted by Crippen LogP contribution is -1.91. The summed E-state index contributed by atoms with van der Waals surface area (Å²) in [5, 5.41) is 11.6. The van der Waals surface area contributed by atoms with Gasteiger partial charge in [-0.1, -0.05) is 40.2 Å². The van der Waals surface area contributed by atoms with Crippen LogP contribution < -0.4 is 0 Å². The molecule has 14 heavy (non-hydrogen) atoms. The fraction of sp³-hybridized carbons (Fsp3) is 0.0909. The van der Waals surface area contributed by atoms with Crippen LogP contribution in [0.4, 0.5) is 0 Å². The third-order valence-corrected chi connectivity index (χ3v) is 2.59. The molecule has 2 rings (SSSR count). The first-order valence-electron chi connectivity index (χ1n) is 4.20. The van der Waals surface area contributed by atoms with Gasteiger partial charge in [0.25, 0.3) is 0 Å². The molecule has 1 heterocycles. The van der Waals surface area contributed by atoms with Crippen molar-refractivity contribution in [3.8, 4) is 6.07 Å². The van der Waals surface area contributed by atoms with Crippen LogP contribution in [0.15, 0.2) is 30.3 Å². The second-order valence-corrected chi connectivity index (χ2v) is 3.48. The first-order chi connectivity index (χ1) is 6.85. The van der Waals surface area contributed by atoms with Gasteiger partial charge >= 0.3 is 0 Å². The lowest BCUT2D eigenvalue weighted by Gasteiger charge is -2.02. The highest BCUT2D eigenvalue weighted by Gasteiger charge is 2.03. The number of nitriles is 1. The first kappa shape index (κ1) is 9.17. The van der Waals surface area contributed by atoms with Crippen LogP contribution in [0.5, 0.6) is 0 Å². The Morgan fingerprint density at radius 3 is 2.86 bits per heavy atom. The largest absolute Gasteiger partial charge is 0.241 e. The summed E-state index contributed by atoms with van der Waals surface area (Å²) in [6.07, 6.45) is 0. The van der Waals surface area contributed by atoms with Crippen LogP contribution in [0, 0.1) is 11.3 Å². The minimum atomic E-state index is 0.471. The standard InChI is InChI=1S/C11H7BrN2/c12-6-11-10-4-2-1-3-8(10)5-9(7-13)14-11/h1-5H,6H2. The maximum Gasteiger partial charge on any atom is 0.141 e. The average Bonchev–Trinajstić information content (AvgIpc) is 2.27. The number of alkyl halides is 1. The van der Waals surface area contributed by atoms with E-state index in [-0.39, 0.29) is 0 Å². The third-order valence-electron chi connectivity index (χ3n) is 2.06. The molecule has 0 aliphatic rings. The Kier molecular flexibility index (Phi) is 2.47. The van der Waals surface area contributed by atoms with Gasteiger partial charge in [-0.3, -0.25) is 0 Å². The SMILES string of the molecule is N#Cc1cc2ccccc2c(CBr)n1. The van der Waals surface area contributed by atoms with Gasteiger partial charge in [-0.2, -0.15) is 5.26 Å². The smallest absolute Gasteiger partial charge is 0.141 e. The molecule has 1 aromatic carbocycles.